The Kier molecular flexibility index (Phi) is 4.31. The molecule has 1 unspecified atom stereocenters. The van der Waals surface area contributed by atoms with Gasteiger partial charge in [-0.2, -0.15) is 0 Å². The van der Waals surface area contributed by atoms with Crippen molar-refractivity contribution >= 4 is 5.91 Å². The van der Waals surface area contributed by atoms with E-state index in [0.717, 1.165) is 26.1 Å². The topological polar surface area (TPSA) is 32.3 Å². The van der Waals surface area contributed by atoms with Crippen molar-refractivity contribution in [2.45, 2.75) is 12.8 Å². The summed E-state index contributed by atoms with van der Waals surface area (Å²) < 4.78 is 13.5. The first-order chi connectivity index (χ1) is 8.70. The fourth-order valence-electron chi connectivity index (χ4n) is 2.43. The highest BCUT2D eigenvalue weighted by atomic mass is 19.1. The Balaban J connectivity index is 1.91. The minimum absolute atomic E-state index is 0.0266. The second kappa shape index (κ2) is 5.96. The van der Waals surface area contributed by atoms with Crippen molar-refractivity contribution in [2.24, 2.45) is 5.92 Å². The van der Waals surface area contributed by atoms with Gasteiger partial charge in [-0.25, -0.2) is 4.39 Å². The average molecular weight is 250 g/mol. The molecule has 0 spiro atoms. The molecule has 1 aliphatic rings. The number of nitrogens with zero attached hydrogens (tertiary/aromatic N) is 1. The molecule has 4 heteroatoms. The van der Waals surface area contributed by atoms with Gasteiger partial charge in [0.15, 0.2) is 0 Å². The highest BCUT2D eigenvalue weighted by Gasteiger charge is 2.25. The summed E-state index contributed by atoms with van der Waals surface area (Å²) in [6.07, 6.45) is 1.20. The molecule has 1 aromatic carbocycles. The molecule has 0 saturated carbocycles. The Labute approximate surface area is 107 Å². The number of halogens is 1. The summed E-state index contributed by atoms with van der Waals surface area (Å²) in [6.45, 7) is 2.51. The van der Waals surface area contributed by atoms with Crippen molar-refractivity contribution in [1.29, 1.82) is 0 Å². The SMILES string of the molecule is CNCC1CCN(C(=O)Cc2ccccc2F)C1. The van der Waals surface area contributed by atoms with Gasteiger partial charge in [-0.05, 0) is 37.6 Å². The molecule has 1 N–H and O–H groups in total. The van der Waals surface area contributed by atoms with Crippen molar-refractivity contribution in [3.05, 3.63) is 35.6 Å². The lowest BCUT2D eigenvalue weighted by molar-refractivity contribution is -0.129. The van der Waals surface area contributed by atoms with Crippen LogP contribution in [0.1, 0.15) is 12.0 Å². The molecule has 2 rings (SSSR count). The van der Waals surface area contributed by atoms with Gasteiger partial charge in [0.1, 0.15) is 5.82 Å². The third kappa shape index (κ3) is 3.07. The van der Waals surface area contributed by atoms with E-state index in [9.17, 15) is 9.18 Å². The zero-order valence-corrected chi connectivity index (χ0v) is 10.7. The van der Waals surface area contributed by atoms with E-state index in [1.54, 1.807) is 18.2 Å². The Bertz CT molecular complexity index is 422. The van der Waals surface area contributed by atoms with Crippen molar-refractivity contribution in [3.8, 4) is 0 Å². The van der Waals surface area contributed by atoms with Crippen LogP contribution in [0, 0.1) is 11.7 Å². The van der Waals surface area contributed by atoms with Crippen LogP contribution in [0.3, 0.4) is 0 Å². The number of likely N-dealkylation sites (tertiary alicyclic amines) is 1. The van der Waals surface area contributed by atoms with Crippen LogP contribution in [0.15, 0.2) is 24.3 Å². The summed E-state index contributed by atoms with van der Waals surface area (Å²) in [5.41, 5.74) is 0.486. The van der Waals surface area contributed by atoms with Crippen LogP contribution in [0.25, 0.3) is 0 Å². The second-order valence-electron chi connectivity index (χ2n) is 4.82. The van der Waals surface area contributed by atoms with E-state index in [4.69, 9.17) is 0 Å². The summed E-state index contributed by atoms with van der Waals surface area (Å²) >= 11 is 0. The molecule has 1 heterocycles. The zero-order chi connectivity index (χ0) is 13.0. The van der Waals surface area contributed by atoms with E-state index >= 15 is 0 Å². The normalized spacial score (nSPS) is 19.2. The molecule has 1 amide bonds. The number of hydrogen-bond donors (Lipinski definition) is 1. The molecule has 98 valence electrons. The summed E-state index contributed by atoms with van der Waals surface area (Å²) in [5.74, 6) is 0.259. The van der Waals surface area contributed by atoms with Gasteiger partial charge in [-0.3, -0.25) is 4.79 Å². The van der Waals surface area contributed by atoms with Crippen LogP contribution in [0.4, 0.5) is 4.39 Å². The van der Waals surface area contributed by atoms with Gasteiger partial charge in [-0.15, -0.1) is 0 Å². The monoisotopic (exact) mass is 250 g/mol. The molecule has 0 bridgehead atoms. The predicted octanol–water partition coefficient (Wildman–Crippen LogP) is 1.44. The number of benzene rings is 1. The molecule has 3 nitrogen and oxygen atoms in total. The van der Waals surface area contributed by atoms with Crippen molar-refractivity contribution in [3.63, 3.8) is 0 Å². The molecule has 0 radical (unpaired) electrons. The molecule has 1 aromatic rings. The third-order valence-electron chi connectivity index (χ3n) is 3.43. The van der Waals surface area contributed by atoms with Gasteiger partial charge >= 0.3 is 0 Å². The number of nitrogens with one attached hydrogen (secondary N) is 1. The van der Waals surface area contributed by atoms with Crippen LogP contribution in [-0.4, -0.2) is 37.5 Å². The predicted molar refractivity (Wildman–Crippen MR) is 68.7 cm³/mol. The lowest BCUT2D eigenvalue weighted by atomic mass is 10.1. The Hall–Kier alpha value is -1.42. The Morgan fingerprint density at radius 2 is 2.28 bits per heavy atom. The summed E-state index contributed by atoms with van der Waals surface area (Å²) in [4.78, 5) is 13.9. The molecular weight excluding hydrogens is 231 g/mol. The molecule has 1 fully saturated rings. The molecule has 18 heavy (non-hydrogen) atoms. The van der Waals surface area contributed by atoms with Gasteiger partial charge in [0.25, 0.3) is 0 Å². The van der Waals surface area contributed by atoms with Crippen LogP contribution in [0.5, 0.6) is 0 Å². The van der Waals surface area contributed by atoms with E-state index in [2.05, 4.69) is 5.32 Å². The molecule has 1 aliphatic heterocycles. The smallest absolute Gasteiger partial charge is 0.227 e. The van der Waals surface area contributed by atoms with Crippen molar-refractivity contribution in [1.82, 2.24) is 10.2 Å². The molecular formula is C14H19FN2O. The van der Waals surface area contributed by atoms with Gasteiger partial charge in [0.05, 0.1) is 6.42 Å². The lowest BCUT2D eigenvalue weighted by Gasteiger charge is -2.16. The molecule has 1 saturated heterocycles. The van der Waals surface area contributed by atoms with E-state index < -0.39 is 0 Å². The maximum absolute atomic E-state index is 13.5. The zero-order valence-electron chi connectivity index (χ0n) is 10.7. The highest BCUT2D eigenvalue weighted by Crippen LogP contribution is 2.17. The fraction of sp³-hybridized carbons (Fsp3) is 0.500. The largest absolute Gasteiger partial charge is 0.342 e. The standard InChI is InChI=1S/C14H19FN2O/c1-16-9-11-6-7-17(10-11)14(18)8-12-4-2-3-5-13(12)15/h2-5,11,16H,6-10H2,1H3. The van der Waals surface area contributed by atoms with Crippen molar-refractivity contribution < 1.29 is 9.18 Å². The molecule has 1 atom stereocenters. The van der Waals surface area contributed by atoms with Crippen molar-refractivity contribution in [2.75, 3.05) is 26.7 Å². The third-order valence-corrected chi connectivity index (χ3v) is 3.43. The average Bonchev–Trinajstić information content (AvgIpc) is 2.81. The van der Waals surface area contributed by atoms with E-state index in [0.29, 0.717) is 11.5 Å². The fourth-order valence-corrected chi connectivity index (χ4v) is 2.43. The number of carbonyl (C=O) groups excluding carboxylic acids is 1. The maximum atomic E-state index is 13.5. The van der Waals surface area contributed by atoms with Gasteiger partial charge in [0, 0.05) is 13.1 Å². The van der Waals surface area contributed by atoms with Crippen LogP contribution < -0.4 is 5.32 Å². The first-order valence-corrected chi connectivity index (χ1v) is 6.36. The van der Waals surface area contributed by atoms with Gasteiger partial charge in [0.2, 0.25) is 5.91 Å². The highest BCUT2D eigenvalue weighted by molar-refractivity contribution is 5.79. The summed E-state index contributed by atoms with van der Waals surface area (Å²) in [5, 5.41) is 3.13. The molecule has 0 aliphatic carbocycles. The minimum Gasteiger partial charge on any atom is -0.342 e. The lowest BCUT2D eigenvalue weighted by Crippen LogP contribution is -2.31. The number of hydrogen-bond acceptors (Lipinski definition) is 2. The Morgan fingerprint density at radius 3 is 3.00 bits per heavy atom. The Morgan fingerprint density at radius 1 is 1.50 bits per heavy atom. The first-order valence-electron chi connectivity index (χ1n) is 6.36. The first kappa shape index (κ1) is 13.0. The van der Waals surface area contributed by atoms with Crippen LogP contribution in [-0.2, 0) is 11.2 Å². The van der Waals surface area contributed by atoms with E-state index in [1.165, 1.54) is 6.07 Å². The van der Waals surface area contributed by atoms with E-state index in [-0.39, 0.29) is 18.1 Å². The minimum atomic E-state index is -0.295. The van der Waals surface area contributed by atoms with Crippen LogP contribution in [0.2, 0.25) is 0 Å². The van der Waals surface area contributed by atoms with Gasteiger partial charge in [-0.1, -0.05) is 18.2 Å². The van der Waals surface area contributed by atoms with Gasteiger partial charge < -0.3 is 10.2 Å². The van der Waals surface area contributed by atoms with E-state index in [1.807, 2.05) is 11.9 Å². The number of rotatable bonds is 4. The number of amides is 1. The number of carbonyl (C=O) groups is 1. The maximum Gasteiger partial charge on any atom is 0.227 e. The quantitative estimate of drug-likeness (QED) is 0.877. The molecule has 0 aromatic heterocycles. The van der Waals surface area contributed by atoms with Crippen LogP contribution >= 0.6 is 0 Å². The second-order valence-corrected chi connectivity index (χ2v) is 4.82. The summed E-state index contributed by atoms with van der Waals surface area (Å²) in [6, 6.07) is 6.48. The summed E-state index contributed by atoms with van der Waals surface area (Å²) in [7, 11) is 1.92.